The Hall–Kier alpha value is -3.22. The van der Waals surface area contributed by atoms with Gasteiger partial charge in [0.25, 0.3) is 5.91 Å². The molecule has 1 aromatic carbocycles. The van der Waals surface area contributed by atoms with Crippen molar-refractivity contribution < 1.29 is 14.3 Å². The topological polar surface area (TPSA) is 85.6 Å². The number of hydrogen-bond acceptors (Lipinski definition) is 5. The van der Waals surface area contributed by atoms with Gasteiger partial charge in [-0.1, -0.05) is 0 Å². The number of nitrogens with one attached hydrogen (secondary N) is 1. The van der Waals surface area contributed by atoms with Crippen LogP contribution in [-0.2, 0) is 4.74 Å². The highest BCUT2D eigenvalue weighted by molar-refractivity contribution is 6.03. The molecule has 0 fully saturated rings. The summed E-state index contributed by atoms with van der Waals surface area (Å²) in [5.74, 6) is -0.715. The summed E-state index contributed by atoms with van der Waals surface area (Å²) in [6.07, 6.45) is 0. The number of nitrogens with zero attached hydrogens (tertiary/aromatic N) is 3. The van der Waals surface area contributed by atoms with Crippen LogP contribution in [0.15, 0.2) is 36.4 Å². The predicted molar refractivity (Wildman–Crippen MR) is 92.8 cm³/mol. The molecule has 0 unspecified atom stereocenters. The molecular weight excluding hydrogens is 320 g/mol. The monoisotopic (exact) mass is 338 g/mol. The third kappa shape index (κ3) is 3.50. The van der Waals surface area contributed by atoms with Crippen LogP contribution in [0.3, 0.4) is 0 Å². The number of carbonyl (C=O) groups is 2. The van der Waals surface area contributed by atoms with Gasteiger partial charge >= 0.3 is 5.97 Å². The Kier molecular flexibility index (Phi) is 4.47. The second-order valence-electron chi connectivity index (χ2n) is 5.59. The van der Waals surface area contributed by atoms with E-state index in [1.54, 1.807) is 41.8 Å². The van der Waals surface area contributed by atoms with Gasteiger partial charge in [0.2, 0.25) is 0 Å². The van der Waals surface area contributed by atoms with Crippen LogP contribution >= 0.6 is 0 Å². The van der Waals surface area contributed by atoms with Gasteiger partial charge in [-0.05, 0) is 51.1 Å². The van der Waals surface area contributed by atoms with Crippen LogP contribution < -0.4 is 5.32 Å². The molecule has 2 heterocycles. The highest BCUT2D eigenvalue weighted by Gasteiger charge is 2.13. The van der Waals surface area contributed by atoms with Crippen LogP contribution in [0.4, 0.5) is 5.69 Å². The number of fused-ring (bicyclic) bond motifs is 1. The number of amides is 1. The van der Waals surface area contributed by atoms with E-state index in [0.29, 0.717) is 29.2 Å². The zero-order valence-corrected chi connectivity index (χ0v) is 14.2. The molecule has 0 aliphatic carbocycles. The number of aryl methyl sites for hydroxylation is 2. The van der Waals surface area contributed by atoms with Crippen molar-refractivity contribution in [1.29, 1.82) is 0 Å². The smallest absolute Gasteiger partial charge is 0.338 e. The molecule has 7 nitrogen and oxygen atoms in total. The van der Waals surface area contributed by atoms with Crippen molar-refractivity contribution in [3.63, 3.8) is 0 Å². The summed E-state index contributed by atoms with van der Waals surface area (Å²) in [4.78, 5) is 28.4. The van der Waals surface area contributed by atoms with E-state index in [-0.39, 0.29) is 11.9 Å². The minimum Gasteiger partial charge on any atom is -0.462 e. The summed E-state index contributed by atoms with van der Waals surface area (Å²) in [7, 11) is 0. The van der Waals surface area contributed by atoms with E-state index in [4.69, 9.17) is 4.74 Å². The minimum absolute atomic E-state index is 0.305. The van der Waals surface area contributed by atoms with Crippen LogP contribution in [0.25, 0.3) is 5.65 Å². The first kappa shape index (κ1) is 16.6. The van der Waals surface area contributed by atoms with Crippen LogP contribution in [0.5, 0.6) is 0 Å². The number of carbonyl (C=O) groups excluding carboxylic acids is 2. The summed E-state index contributed by atoms with van der Waals surface area (Å²) in [6, 6.07) is 10.0. The Bertz CT molecular complexity index is 945. The first-order valence-electron chi connectivity index (χ1n) is 7.90. The molecule has 0 aliphatic heterocycles. The van der Waals surface area contributed by atoms with Gasteiger partial charge in [-0.2, -0.15) is 5.10 Å². The van der Waals surface area contributed by atoms with E-state index >= 15 is 0 Å². The van der Waals surface area contributed by atoms with E-state index in [0.717, 1.165) is 11.4 Å². The minimum atomic E-state index is -0.390. The SMILES string of the molecule is CCOC(=O)c1ccc(NC(=O)c2cc(C)n3nc(C)cc3n2)cc1. The third-order valence-corrected chi connectivity index (χ3v) is 3.61. The molecule has 0 radical (unpaired) electrons. The van der Waals surface area contributed by atoms with Crippen molar-refractivity contribution in [3.05, 3.63) is 59.0 Å². The van der Waals surface area contributed by atoms with E-state index in [1.807, 2.05) is 19.9 Å². The number of anilines is 1. The average molecular weight is 338 g/mol. The predicted octanol–water partition coefficient (Wildman–Crippen LogP) is 2.78. The number of ether oxygens (including phenoxy) is 1. The van der Waals surface area contributed by atoms with E-state index < -0.39 is 0 Å². The molecular formula is C18H18N4O3. The van der Waals surface area contributed by atoms with E-state index in [2.05, 4.69) is 15.4 Å². The van der Waals surface area contributed by atoms with Crippen molar-refractivity contribution in [1.82, 2.24) is 14.6 Å². The van der Waals surface area contributed by atoms with Gasteiger partial charge in [-0.3, -0.25) is 4.79 Å². The maximum absolute atomic E-state index is 12.4. The highest BCUT2D eigenvalue weighted by atomic mass is 16.5. The van der Waals surface area contributed by atoms with Crippen LogP contribution in [-0.4, -0.2) is 33.1 Å². The molecule has 25 heavy (non-hydrogen) atoms. The lowest BCUT2D eigenvalue weighted by atomic mass is 10.2. The summed E-state index contributed by atoms with van der Waals surface area (Å²) in [5, 5.41) is 7.09. The fourth-order valence-electron chi connectivity index (χ4n) is 2.46. The molecule has 0 bridgehead atoms. The molecule has 0 saturated heterocycles. The average Bonchev–Trinajstić information content (AvgIpc) is 2.96. The quantitative estimate of drug-likeness (QED) is 0.739. The fourth-order valence-corrected chi connectivity index (χ4v) is 2.46. The van der Waals surface area contributed by atoms with Gasteiger partial charge in [-0.15, -0.1) is 0 Å². The van der Waals surface area contributed by atoms with E-state index in [9.17, 15) is 9.59 Å². The first-order chi connectivity index (χ1) is 12.0. The molecule has 1 N–H and O–H groups in total. The maximum Gasteiger partial charge on any atom is 0.338 e. The second-order valence-corrected chi connectivity index (χ2v) is 5.59. The second kappa shape index (κ2) is 6.72. The molecule has 1 amide bonds. The van der Waals surface area contributed by atoms with Crippen LogP contribution in [0, 0.1) is 13.8 Å². The Morgan fingerprint density at radius 3 is 2.56 bits per heavy atom. The van der Waals surface area contributed by atoms with Crippen LogP contribution in [0.1, 0.15) is 39.2 Å². The van der Waals surface area contributed by atoms with Gasteiger partial charge in [0.1, 0.15) is 5.69 Å². The number of aromatic nitrogens is 3. The van der Waals surface area contributed by atoms with Crippen molar-refractivity contribution in [2.75, 3.05) is 11.9 Å². The molecule has 3 aromatic rings. The van der Waals surface area contributed by atoms with Crippen molar-refractivity contribution in [3.8, 4) is 0 Å². The standard InChI is InChI=1S/C18H18N4O3/c1-4-25-18(24)13-5-7-14(8-6-13)19-17(23)15-10-12(3)22-16(20-15)9-11(2)21-22/h5-10H,4H2,1-3H3,(H,19,23). The lowest BCUT2D eigenvalue weighted by molar-refractivity contribution is 0.0526. The van der Waals surface area contributed by atoms with E-state index in [1.165, 1.54) is 0 Å². The molecule has 7 heteroatoms. The molecule has 2 aromatic heterocycles. The Morgan fingerprint density at radius 2 is 1.88 bits per heavy atom. The zero-order valence-electron chi connectivity index (χ0n) is 14.2. The highest BCUT2D eigenvalue weighted by Crippen LogP contribution is 2.14. The summed E-state index contributed by atoms with van der Waals surface area (Å²) in [6.45, 7) is 5.81. The largest absolute Gasteiger partial charge is 0.462 e. The van der Waals surface area contributed by atoms with Gasteiger partial charge in [0, 0.05) is 17.4 Å². The lowest BCUT2D eigenvalue weighted by Crippen LogP contribution is -2.15. The molecule has 3 rings (SSSR count). The Morgan fingerprint density at radius 1 is 1.16 bits per heavy atom. The van der Waals surface area contributed by atoms with Crippen LogP contribution in [0.2, 0.25) is 0 Å². The molecule has 0 atom stereocenters. The first-order valence-corrected chi connectivity index (χ1v) is 7.90. The van der Waals surface area contributed by atoms with Crippen molar-refractivity contribution >= 4 is 23.2 Å². The molecule has 128 valence electrons. The molecule has 0 spiro atoms. The Balaban J connectivity index is 1.79. The van der Waals surface area contributed by atoms with Gasteiger partial charge in [0.15, 0.2) is 5.65 Å². The Labute approximate surface area is 144 Å². The molecule has 0 saturated carbocycles. The summed E-state index contributed by atoms with van der Waals surface area (Å²) < 4.78 is 6.62. The molecule has 0 aliphatic rings. The van der Waals surface area contributed by atoms with Gasteiger partial charge < -0.3 is 10.1 Å². The normalized spacial score (nSPS) is 10.7. The summed E-state index contributed by atoms with van der Waals surface area (Å²) in [5.41, 5.74) is 3.59. The maximum atomic E-state index is 12.4. The van der Waals surface area contributed by atoms with Crippen molar-refractivity contribution in [2.45, 2.75) is 20.8 Å². The lowest BCUT2D eigenvalue weighted by Gasteiger charge is -2.07. The van der Waals surface area contributed by atoms with Gasteiger partial charge in [-0.25, -0.2) is 14.3 Å². The van der Waals surface area contributed by atoms with Gasteiger partial charge in [0.05, 0.1) is 17.9 Å². The third-order valence-electron chi connectivity index (χ3n) is 3.61. The fraction of sp³-hybridized carbons (Fsp3) is 0.222. The number of rotatable bonds is 4. The summed E-state index contributed by atoms with van der Waals surface area (Å²) >= 11 is 0. The van der Waals surface area contributed by atoms with Crippen molar-refractivity contribution in [2.24, 2.45) is 0 Å². The number of esters is 1. The zero-order chi connectivity index (χ0) is 18.0. The number of benzene rings is 1. The number of hydrogen-bond donors (Lipinski definition) is 1.